The van der Waals surface area contributed by atoms with Crippen LogP contribution < -0.4 is 0 Å². The Labute approximate surface area is 114 Å². The van der Waals surface area contributed by atoms with Gasteiger partial charge in [-0.2, -0.15) is 0 Å². The smallest absolute Gasteiger partial charge is 0.0594 e. The van der Waals surface area contributed by atoms with Crippen LogP contribution in [0, 0.1) is 5.92 Å². The summed E-state index contributed by atoms with van der Waals surface area (Å²) < 4.78 is 5.21. The number of nitrogens with zero attached hydrogens (tertiary/aromatic N) is 2. The third-order valence-electron chi connectivity index (χ3n) is 3.35. The lowest BCUT2D eigenvalue weighted by molar-refractivity contribution is 0.0238. The zero-order valence-electron chi connectivity index (χ0n) is 11.9. The van der Waals surface area contributed by atoms with E-state index >= 15 is 0 Å². The van der Waals surface area contributed by atoms with Crippen LogP contribution in [0.4, 0.5) is 0 Å². The van der Waals surface area contributed by atoms with Crippen molar-refractivity contribution in [3.63, 3.8) is 0 Å². The molecule has 3 heteroatoms. The predicted molar refractivity (Wildman–Crippen MR) is 80.6 cm³/mol. The van der Waals surface area contributed by atoms with Crippen molar-refractivity contribution >= 4 is 5.71 Å². The molecular weight excluding hydrogens is 224 g/mol. The van der Waals surface area contributed by atoms with Gasteiger partial charge in [-0.05, 0) is 32.6 Å². The second-order valence-electron chi connectivity index (χ2n) is 5.37. The summed E-state index contributed by atoms with van der Waals surface area (Å²) in [6.45, 7) is 14.0. The summed E-state index contributed by atoms with van der Waals surface area (Å²) in [5.74, 6) is 0.692. The Kier molecular flexibility index (Phi) is 9.29. The highest BCUT2D eigenvalue weighted by atomic mass is 16.5. The summed E-state index contributed by atoms with van der Waals surface area (Å²) in [6.07, 6.45) is 2.53. The average molecular weight is 256 g/mol. The lowest BCUT2D eigenvalue weighted by atomic mass is 10.1. The van der Waals surface area contributed by atoms with E-state index in [1.54, 1.807) is 0 Å². The lowest BCUT2D eigenvalue weighted by Gasteiger charge is -2.29. The van der Waals surface area contributed by atoms with E-state index in [0.29, 0.717) is 12.0 Å². The molecule has 0 spiro atoms. The van der Waals surface area contributed by atoms with Gasteiger partial charge in [0.05, 0.1) is 13.2 Å². The summed E-state index contributed by atoms with van der Waals surface area (Å²) in [7, 11) is 0. The van der Waals surface area contributed by atoms with Crippen LogP contribution >= 0.6 is 0 Å². The average Bonchev–Trinajstić information content (AvgIpc) is 2.84. The molecule has 2 heterocycles. The Morgan fingerprint density at radius 3 is 2.00 bits per heavy atom. The number of ether oxygens (including phenoxy) is 1. The molecule has 0 aromatic rings. The third-order valence-corrected chi connectivity index (χ3v) is 3.35. The summed E-state index contributed by atoms with van der Waals surface area (Å²) in [4.78, 5) is 6.79. The molecule has 0 aromatic heterocycles. The van der Waals surface area contributed by atoms with Gasteiger partial charge < -0.3 is 4.74 Å². The summed E-state index contributed by atoms with van der Waals surface area (Å²) >= 11 is 0. The van der Waals surface area contributed by atoms with E-state index in [0.717, 1.165) is 32.8 Å². The van der Waals surface area contributed by atoms with Crippen molar-refractivity contribution in [3.05, 3.63) is 0 Å². The lowest BCUT2D eigenvalue weighted by Crippen LogP contribution is -2.40. The van der Waals surface area contributed by atoms with Crippen LogP contribution in [0.3, 0.4) is 0 Å². The van der Waals surface area contributed by atoms with Crippen LogP contribution in [0.5, 0.6) is 0 Å². The van der Waals surface area contributed by atoms with E-state index in [9.17, 15) is 0 Å². The second kappa shape index (κ2) is 9.51. The molecule has 0 atom stereocenters. The first-order valence-corrected chi connectivity index (χ1v) is 6.96. The number of hydrogen-bond acceptors (Lipinski definition) is 3. The Morgan fingerprint density at radius 1 is 1.11 bits per heavy atom. The Balaban J connectivity index is 0.000000306. The van der Waals surface area contributed by atoms with Gasteiger partial charge in [-0.3, -0.25) is 9.89 Å². The van der Waals surface area contributed by atoms with Gasteiger partial charge in [0, 0.05) is 31.4 Å². The van der Waals surface area contributed by atoms with E-state index in [2.05, 4.69) is 37.6 Å². The fourth-order valence-electron chi connectivity index (χ4n) is 2.13. The van der Waals surface area contributed by atoms with Crippen LogP contribution in [-0.4, -0.2) is 49.5 Å². The summed E-state index contributed by atoms with van der Waals surface area (Å²) in [5, 5.41) is 0. The fourth-order valence-corrected chi connectivity index (χ4v) is 2.13. The normalized spacial score (nSPS) is 20.2. The minimum Gasteiger partial charge on any atom is -0.379 e. The van der Waals surface area contributed by atoms with Gasteiger partial charge in [0.25, 0.3) is 0 Å². The molecule has 0 amide bonds. The molecule has 1 fully saturated rings. The molecule has 0 aromatic carbocycles. The fraction of sp³-hybridized carbons (Fsp3) is 0.933. The van der Waals surface area contributed by atoms with Crippen molar-refractivity contribution in [3.8, 4) is 0 Å². The Morgan fingerprint density at radius 2 is 1.72 bits per heavy atom. The molecule has 18 heavy (non-hydrogen) atoms. The minimum absolute atomic E-state index is 0. The maximum absolute atomic E-state index is 5.21. The minimum atomic E-state index is 0. The van der Waals surface area contributed by atoms with Crippen molar-refractivity contribution in [2.24, 2.45) is 10.9 Å². The number of aliphatic imine (C=N–C) groups is 1. The van der Waals surface area contributed by atoms with Gasteiger partial charge in [0.15, 0.2) is 0 Å². The molecule has 2 rings (SSSR count). The first kappa shape index (κ1) is 17.6. The van der Waals surface area contributed by atoms with Crippen LogP contribution in [-0.2, 0) is 4.74 Å². The van der Waals surface area contributed by atoms with Crippen LogP contribution in [0.2, 0.25) is 0 Å². The highest BCUT2D eigenvalue weighted by Gasteiger charge is 2.12. The van der Waals surface area contributed by atoms with Crippen molar-refractivity contribution < 1.29 is 4.74 Å². The standard InChI is InChI=1S/C7H15NO.C7H13N.CH4/c1-7(2)8-3-5-9-6-4-8;1-6(2)7-4-3-5-8-7;/h7H,3-6H2,1-2H3;6H,3-5H2,1-2H3;1H4. The number of morpholine rings is 1. The quantitative estimate of drug-likeness (QED) is 0.757. The first-order valence-electron chi connectivity index (χ1n) is 6.96. The second-order valence-corrected chi connectivity index (χ2v) is 5.37. The Bertz CT molecular complexity index is 231. The van der Waals surface area contributed by atoms with Gasteiger partial charge >= 0.3 is 0 Å². The molecule has 0 aliphatic carbocycles. The maximum Gasteiger partial charge on any atom is 0.0594 e. The topological polar surface area (TPSA) is 24.8 Å². The van der Waals surface area contributed by atoms with Gasteiger partial charge in [-0.15, -0.1) is 0 Å². The van der Waals surface area contributed by atoms with Crippen molar-refractivity contribution in [1.82, 2.24) is 4.90 Å². The number of hydrogen-bond donors (Lipinski definition) is 0. The predicted octanol–water partition coefficient (Wildman–Crippen LogP) is 3.24. The molecule has 0 bridgehead atoms. The van der Waals surface area contributed by atoms with Crippen LogP contribution in [0.15, 0.2) is 4.99 Å². The molecule has 1 saturated heterocycles. The largest absolute Gasteiger partial charge is 0.379 e. The molecule has 0 unspecified atom stereocenters. The molecule has 0 saturated carbocycles. The molecule has 2 aliphatic rings. The highest BCUT2D eigenvalue weighted by Crippen LogP contribution is 2.10. The Hall–Kier alpha value is -0.410. The molecule has 0 N–H and O–H groups in total. The van der Waals surface area contributed by atoms with Crippen molar-refractivity contribution in [2.45, 2.75) is 54.0 Å². The van der Waals surface area contributed by atoms with E-state index in [-0.39, 0.29) is 7.43 Å². The summed E-state index contributed by atoms with van der Waals surface area (Å²) in [5.41, 5.74) is 1.42. The highest BCUT2D eigenvalue weighted by molar-refractivity contribution is 5.87. The molecular formula is C15H32N2O. The van der Waals surface area contributed by atoms with E-state index in [1.807, 2.05) is 0 Å². The van der Waals surface area contributed by atoms with Gasteiger partial charge in [0.1, 0.15) is 0 Å². The SMILES string of the molecule is C.CC(C)C1=NCCC1.CC(C)N1CCOCC1. The zero-order chi connectivity index (χ0) is 12.7. The third kappa shape index (κ3) is 6.50. The van der Waals surface area contributed by atoms with E-state index in [4.69, 9.17) is 4.74 Å². The van der Waals surface area contributed by atoms with Gasteiger partial charge in [-0.25, -0.2) is 0 Å². The van der Waals surface area contributed by atoms with Crippen molar-refractivity contribution in [1.29, 1.82) is 0 Å². The monoisotopic (exact) mass is 256 g/mol. The molecule has 108 valence electrons. The summed E-state index contributed by atoms with van der Waals surface area (Å²) in [6, 6.07) is 0.689. The number of rotatable bonds is 2. The van der Waals surface area contributed by atoms with Gasteiger partial charge in [-0.1, -0.05) is 21.3 Å². The molecule has 3 nitrogen and oxygen atoms in total. The van der Waals surface area contributed by atoms with Crippen molar-refractivity contribution in [2.75, 3.05) is 32.8 Å². The maximum atomic E-state index is 5.21. The van der Waals surface area contributed by atoms with Crippen LogP contribution in [0.25, 0.3) is 0 Å². The zero-order valence-corrected chi connectivity index (χ0v) is 11.9. The molecule has 2 aliphatic heterocycles. The van der Waals surface area contributed by atoms with Gasteiger partial charge in [0.2, 0.25) is 0 Å². The first-order chi connectivity index (χ1) is 8.11. The van der Waals surface area contributed by atoms with E-state index in [1.165, 1.54) is 18.6 Å². The molecule has 0 radical (unpaired) electrons. The van der Waals surface area contributed by atoms with Crippen LogP contribution in [0.1, 0.15) is 48.0 Å². The van der Waals surface area contributed by atoms with E-state index < -0.39 is 0 Å².